The second-order valence-electron chi connectivity index (χ2n) is 4.05. The van der Waals surface area contributed by atoms with Crippen LogP contribution in [0.5, 0.6) is 0 Å². The van der Waals surface area contributed by atoms with E-state index in [9.17, 15) is 4.39 Å². The van der Waals surface area contributed by atoms with Crippen LogP contribution in [0.2, 0.25) is 0 Å². The van der Waals surface area contributed by atoms with E-state index in [1.165, 1.54) is 12.1 Å². The predicted molar refractivity (Wildman–Crippen MR) is 70.1 cm³/mol. The van der Waals surface area contributed by atoms with Crippen LogP contribution in [-0.4, -0.2) is 7.05 Å². The van der Waals surface area contributed by atoms with Gasteiger partial charge >= 0.3 is 0 Å². The molecule has 0 unspecified atom stereocenters. The van der Waals surface area contributed by atoms with Gasteiger partial charge in [-0.2, -0.15) is 0 Å². The summed E-state index contributed by atoms with van der Waals surface area (Å²) in [5, 5.41) is 0. The number of hydrogen-bond acceptors (Lipinski definition) is 2. The normalized spacial score (nSPS) is 10.3. The number of rotatable bonds is 2. The van der Waals surface area contributed by atoms with E-state index in [1.54, 1.807) is 6.07 Å². The molecular weight excluding hydrogens is 215 g/mol. The molecule has 88 valence electrons. The van der Waals surface area contributed by atoms with Gasteiger partial charge < -0.3 is 10.6 Å². The second-order valence-corrected chi connectivity index (χ2v) is 4.05. The Morgan fingerprint density at radius 2 is 1.76 bits per heavy atom. The van der Waals surface area contributed by atoms with Crippen LogP contribution in [0.1, 0.15) is 5.56 Å². The molecule has 0 bridgehead atoms. The minimum atomic E-state index is -0.315. The first-order chi connectivity index (χ1) is 8.09. The standard InChI is InChI=1S/C14H15FN2/c1-10-5-3-4-6-13(10)17(2)14-8-7-11(15)9-12(14)16/h3-9H,16H2,1-2H3. The minimum Gasteiger partial charge on any atom is -0.397 e. The maximum Gasteiger partial charge on any atom is 0.125 e. The predicted octanol–water partition coefficient (Wildman–Crippen LogP) is 3.48. The van der Waals surface area contributed by atoms with Gasteiger partial charge in [0.25, 0.3) is 0 Å². The number of hydrogen-bond donors (Lipinski definition) is 1. The summed E-state index contributed by atoms with van der Waals surface area (Å²) >= 11 is 0. The van der Waals surface area contributed by atoms with Crippen LogP contribution in [0, 0.1) is 12.7 Å². The van der Waals surface area contributed by atoms with Crippen LogP contribution >= 0.6 is 0 Å². The van der Waals surface area contributed by atoms with Crippen LogP contribution in [0.4, 0.5) is 21.5 Å². The summed E-state index contributed by atoms with van der Waals surface area (Å²) < 4.78 is 13.0. The summed E-state index contributed by atoms with van der Waals surface area (Å²) in [4.78, 5) is 1.96. The molecule has 0 fully saturated rings. The van der Waals surface area contributed by atoms with Crippen molar-refractivity contribution in [3.8, 4) is 0 Å². The number of aryl methyl sites for hydroxylation is 1. The van der Waals surface area contributed by atoms with E-state index in [4.69, 9.17) is 5.73 Å². The molecule has 3 heteroatoms. The van der Waals surface area contributed by atoms with Crippen LogP contribution in [0.15, 0.2) is 42.5 Å². The molecule has 0 aliphatic carbocycles. The molecule has 2 aromatic rings. The summed E-state index contributed by atoms with van der Waals surface area (Å²) in [5.74, 6) is -0.315. The van der Waals surface area contributed by atoms with Crippen molar-refractivity contribution in [3.63, 3.8) is 0 Å². The third kappa shape index (κ3) is 2.23. The number of nitrogens with zero attached hydrogens (tertiary/aromatic N) is 1. The summed E-state index contributed by atoms with van der Waals surface area (Å²) in [6, 6.07) is 12.4. The van der Waals surface area contributed by atoms with Crippen LogP contribution in [-0.2, 0) is 0 Å². The molecule has 17 heavy (non-hydrogen) atoms. The van der Waals surface area contributed by atoms with Gasteiger partial charge in [-0.05, 0) is 36.8 Å². The molecule has 2 N–H and O–H groups in total. The van der Waals surface area contributed by atoms with E-state index < -0.39 is 0 Å². The molecule has 2 nitrogen and oxygen atoms in total. The average molecular weight is 230 g/mol. The summed E-state index contributed by atoms with van der Waals surface area (Å²) in [7, 11) is 1.92. The second kappa shape index (κ2) is 4.45. The van der Waals surface area contributed by atoms with E-state index in [-0.39, 0.29) is 5.82 Å². The molecule has 0 saturated heterocycles. The van der Waals surface area contributed by atoms with Crippen LogP contribution in [0.25, 0.3) is 0 Å². The third-order valence-corrected chi connectivity index (χ3v) is 2.83. The Morgan fingerprint density at radius 1 is 1.06 bits per heavy atom. The quantitative estimate of drug-likeness (QED) is 0.800. The average Bonchev–Trinajstić information content (AvgIpc) is 2.29. The van der Waals surface area contributed by atoms with E-state index >= 15 is 0 Å². The minimum absolute atomic E-state index is 0.315. The number of para-hydroxylation sites is 1. The molecule has 0 aliphatic heterocycles. The lowest BCUT2D eigenvalue weighted by Gasteiger charge is -2.23. The van der Waals surface area contributed by atoms with E-state index in [1.807, 2.05) is 43.1 Å². The fraction of sp³-hybridized carbons (Fsp3) is 0.143. The topological polar surface area (TPSA) is 29.3 Å². The Balaban J connectivity index is 2.44. The summed E-state index contributed by atoms with van der Waals surface area (Å²) in [5.41, 5.74) is 9.29. The molecule has 0 heterocycles. The van der Waals surface area contributed by atoms with Gasteiger partial charge in [-0.25, -0.2) is 4.39 Å². The number of nitrogen functional groups attached to an aromatic ring is 1. The zero-order valence-electron chi connectivity index (χ0n) is 9.94. The van der Waals surface area contributed by atoms with Crippen molar-refractivity contribution in [3.05, 3.63) is 53.8 Å². The fourth-order valence-corrected chi connectivity index (χ4v) is 1.90. The monoisotopic (exact) mass is 230 g/mol. The van der Waals surface area contributed by atoms with Gasteiger partial charge in [-0.15, -0.1) is 0 Å². The largest absolute Gasteiger partial charge is 0.397 e. The fourth-order valence-electron chi connectivity index (χ4n) is 1.90. The first-order valence-corrected chi connectivity index (χ1v) is 5.44. The van der Waals surface area contributed by atoms with Crippen molar-refractivity contribution < 1.29 is 4.39 Å². The summed E-state index contributed by atoms with van der Waals surface area (Å²) in [6.07, 6.45) is 0. The lowest BCUT2D eigenvalue weighted by molar-refractivity contribution is 0.628. The maximum atomic E-state index is 13.0. The molecule has 2 rings (SSSR count). The van der Waals surface area contributed by atoms with Crippen molar-refractivity contribution in [2.24, 2.45) is 0 Å². The molecule has 0 spiro atoms. The smallest absolute Gasteiger partial charge is 0.125 e. The van der Waals surface area contributed by atoms with Gasteiger partial charge in [0.1, 0.15) is 5.82 Å². The highest BCUT2D eigenvalue weighted by Crippen LogP contribution is 2.30. The lowest BCUT2D eigenvalue weighted by Crippen LogP contribution is -2.12. The van der Waals surface area contributed by atoms with Gasteiger partial charge in [-0.3, -0.25) is 0 Å². The third-order valence-electron chi connectivity index (χ3n) is 2.83. The molecule has 0 radical (unpaired) electrons. The van der Waals surface area contributed by atoms with Crippen LogP contribution in [0.3, 0.4) is 0 Å². The van der Waals surface area contributed by atoms with Crippen molar-refractivity contribution in [2.75, 3.05) is 17.7 Å². The van der Waals surface area contributed by atoms with Gasteiger partial charge in [0.15, 0.2) is 0 Å². The van der Waals surface area contributed by atoms with Crippen molar-refractivity contribution in [2.45, 2.75) is 6.92 Å². The highest BCUT2D eigenvalue weighted by Gasteiger charge is 2.09. The van der Waals surface area contributed by atoms with E-state index in [0.717, 1.165) is 16.9 Å². The highest BCUT2D eigenvalue weighted by atomic mass is 19.1. The zero-order valence-corrected chi connectivity index (χ0v) is 9.94. The first-order valence-electron chi connectivity index (χ1n) is 5.44. The van der Waals surface area contributed by atoms with Gasteiger partial charge in [-0.1, -0.05) is 18.2 Å². The Morgan fingerprint density at radius 3 is 2.41 bits per heavy atom. The summed E-state index contributed by atoms with van der Waals surface area (Å²) in [6.45, 7) is 2.03. The Kier molecular flexibility index (Phi) is 3.00. The highest BCUT2D eigenvalue weighted by molar-refractivity contribution is 5.75. The molecule has 0 aromatic heterocycles. The maximum absolute atomic E-state index is 13.0. The Labute approximate surface area is 100 Å². The van der Waals surface area contributed by atoms with Gasteiger partial charge in [0, 0.05) is 12.7 Å². The van der Waals surface area contributed by atoms with Crippen molar-refractivity contribution in [1.29, 1.82) is 0 Å². The molecular formula is C14H15FN2. The molecule has 0 atom stereocenters. The molecule has 0 saturated carbocycles. The van der Waals surface area contributed by atoms with Crippen LogP contribution < -0.4 is 10.6 Å². The number of halogens is 1. The first kappa shape index (κ1) is 11.5. The molecule has 0 aliphatic rings. The van der Waals surface area contributed by atoms with E-state index in [0.29, 0.717) is 5.69 Å². The molecule has 2 aromatic carbocycles. The zero-order chi connectivity index (χ0) is 12.4. The van der Waals surface area contributed by atoms with E-state index in [2.05, 4.69) is 0 Å². The lowest BCUT2D eigenvalue weighted by atomic mass is 10.1. The number of nitrogens with two attached hydrogens (primary N) is 1. The van der Waals surface area contributed by atoms with Gasteiger partial charge in [0.2, 0.25) is 0 Å². The molecule has 0 amide bonds. The Hall–Kier alpha value is -2.03. The Bertz CT molecular complexity index is 537. The van der Waals surface area contributed by atoms with Crippen molar-refractivity contribution >= 4 is 17.1 Å². The van der Waals surface area contributed by atoms with Crippen molar-refractivity contribution in [1.82, 2.24) is 0 Å². The number of benzene rings is 2. The van der Waals surface area contributed by atoms with Gasteiger partial charge in [0.05, 0.1) is 11.4 Å². The number of anilines is 3. The SMILES string of the molecule is Cc1ccccc1N(C)c1ccc(F)cc1N.